The summed E-state index contributed by atoms with van der Waals surface area (Å²) in [7, 11) is 0. The zero-order valence-corrected chi connectivity index (χ0v) is 9.75. The average Bonchev–Trinajstić information content (AvgIpc) is 2.30. The average molecular weight is 225 g/mol. The summed E-state index contributed by atoms with van der Waals surface area (Å²) in [6.45, 7) is 3.70. The van der Waals surface area contributed by atoms with Crippen molar-refractivity contribution >= 4 is 0 Å². The van der Waals surface area contributed by atoms with E-state index < -0.39 is 0 Å². The van der Waals surface area contributed by atoms with E-state index in [4.69, 9.17) is 5.11 Å². The monoisotopic (exact) mass is 225 g/mol. The number of aliphatic hydroxyl groups excluding tert-OH is 1. The second-order valence-electron chi connectivity index (χ2n) is 4.01. The number of aliphatic hydroxyl groups is 1. The fourth-order valence-corrected chi connectivity index (χ4v) is 1.69. The third-order valence-electron chi connectivity index (χ3n) is 2.82. The fraction of sp³-hybridized carbons (Fsp3) is 0.538. The van der Waals surface area contributed by atoms with Crippen LogP contribution in [0.2, 0.25) is 0 Å². The van der Waals surface area contributed by atoms with Crippen molar-refractivity contribution in [3.63, 3.8) is 0 Å². The largest absolute Gasteiger partial charge is 0.396 e. The molecule has 0 spiro atoms. The molecular weight excluding hydrogens is 205 g/mol. The third kappa shape index (κ3) is 4.29. The number of halogens is 1. The summed E-state index contributed by atoms with van der Waals surface area (Å²) in [5.74, 6) is 0.307. The van der Waals surface area contributed by atoms with Crippen molar-refractivity contribution in [1.29, 1.82) is 0 Å². The van der Waals surface area contributed by atoms with Gasteiger partial charge in [-0.25, -0.2) is 4.39 Å². The Kier molecular flexibility index (Phi) is 6.04. The van der Waals surface area contributed by atoms with Crippen molar-refractivity contribution in [2.24, 2.45) is 5.92 Å². The summed E-state index contributed by atoms with van der Waals surface area (Å²) in [5.41, 5.74) is 0.696. The van der Waals surface area contributed by atoms with Crippen LogP contribution in [-0.2, 0) is 6.54 Å². The standard InChI is InChI=1S/C13H20FNO/c1-2-11(7-8-16)9-15-10-12-5-3-4-6-13(12)14/h3-6,11,15-16H,2,7-10H2,1H3. The van der Waals surface area contributed by atoms with Gasteiger partial charge in [-0.15, -0.1) is 0 Å². The predicted molar refractivity (Wildman–Crippen MR) is 63.6 cm³/mol. The minimum Gasteiger partial charge on any atom is -0.396 e. The molecule has 1 unspecified atom stereocenters. The molecule has 0 amide bonds. The summed E-state index contributed by atoms with van der Waals surface area (Å²) in [6, 6.07) is 6.79. The van der Waals surface area contributed by atoms with Crippen molar-refractivity contribution in [2.45, 2.75) is 26.3 Å². The van der Waals surface area contributed by atoms with Crippen LogP contribution in [0.15, 0.2) is 24.3 Å². The maximum atomic E-state index is 13.3. The van der Waals surface area contributed by atoms with Crippen LogP contribution in [0.3, 0.4) is 0 Å². The van der Waals surface area contributed by atoms with Gasteiger partial charge in [-0.05, 0) is 24.9 Å². The van der Waals surface area contributed by atoms with E-state index in [2.05, 4.69) is 12.2 Å². The Hall–Kier alpha value is -0.930. The van der Waals surface area contributed by atoms with Gasteiger partial charge in [0.15, 0.2) is 0 Å². The predicted octanol–water partition coefficient (Wildman–Crippen LogP) is 2.32. The topological polar surface area (TPSA) is 32.3 Å². The first kappa shape index (κ1) is 13.1. The van der Waals surface area contributed by atoms with Gasteiger partial charge in [0.05, 0.1) is 0 Å². The van der Waals surface area contributed by atoms with Crippen molar-refractivity contribution in [2.75, 3.05) is 13.2 Å². The molecule has 1 atom stereocenters. The molecule has 0 aromatic heterocycles. The van der Waals surface area contributed by atoms with Gasteiger partial charge in [0.25, 0.3) is 0 Å². The van der Waals surface area contributed by atoms with Gasteiger partial charge in [0.1, 0.15) is 5.82 Å². The summed E-state index contributed by atoms with van der Waals surface area (Å²) in [6.07, 6.45) is 1.84. The van der Waals surface area contributed by atoms with Gasteiger partial charge in [-0.1, -0.05) is 31.5 Å². The molecule has 0 aliphatic carbocycles. The summed E-state index contributed by atoms with van der Waals surface area (Å²) in [4.78, 5) is 0. The molecule has 16 heavy (non-hydrogen) atoms. The SMILES string of the molecule is CCC(CCO)CNCc1ccccc1F. The molecule has 0 aliphatic heterocycles. The first-order valence-corrected chi connectivity index (χ1v) is 5.83. The van der Waals surface area contributed by atoms with Crippen LogP contribution in [0, 0.1) is 11.7 Å². The minimum atomic E-state index is -0.162. The first-order chi connectivity index (χ1) is 7.77. The zero-order valence-electron chi connectivity index (χ0n) is 9.75. The minimum absolute atomic E-state index is 0.162. The van der Waals surface area contributed by atoms with Crippen molar-refractivity contribution in [3.8, 4) is 0 Å². The van der Waals surface area contributed by atoms with Gasteiger partial charge in [0.2, 0.25) is 0 Å². The van der Waals surface area contributed by atoms with Crippen LogP contribution in [0.25, 0.3) is 0 Å². The molecule has 2 N–H and O–H groups in total. The Labute approximate surface area is 96.5 Å². The van der Waals surface area contributed by atoms with Crippen LogP contribution in [-0.4, -0.2) is 18.3 Å². The molecule has 0 heterocycles. The number of rotatable bonds is 7. The summed E-state index contributed by atoms with van der Waals surface area (Å²) in [5, 5.41) is 12.1. The van der Waals surface area contributed by atoms with E-state index in [1.54, 1.807) is 12.1 Å². The molecule has 0 saturated carbocycles. The van der Waals surface area contributed by atoms with Crippen molar-refractivity contribution in [1.82, 2.24) is 5.32 Å². The Morgan fingerprint density at radius 3 is 2.75 bits per heavy atom. The first-order valence-electron chi connectivity index (χ1n) is 5.83. The highest BCUT2D eigenvalue weighted by Crippen LogP contribution is 2.08. The maximum Gasteiger partial charge on any atom is 0.127 e. The molecule has 90 valence electrons. The van der Waals surface area contributed by atoms with E-state index in [0.717, 1.165) is 19.4 Å². The quantitative estimate of drug-likeness (QED) is 0.746. The molecule has 1 aromatic rings. The second kappa shape index (κ2) is 7.36. The smallest absolute Gasteiger partial charge is 0.127 e. The van der Waals surface area contributed by atoms with E-state index >= 15 is 0 Å². The van der Waals surface area contributed by atoms with Crippen LogP contribution >= 0.6 is 0 Å². The van der Waals surface area contributed by atoms with Crippen LogP contribution in [0.4, 0.5) is 4.39 Å². The van der Waals surface area contributed by atoms with Gasteiger partial charge in [-0.2, -0.15) is 0 Å². The van der Waals surface area contributed by atoms with E-state index in [9.17, 15) is 4.39 Å². The number of hydrogen-bond donors (Lipinski definition) is 2. The van der Waals surface area contributed by atoms with Gasteiger partial charge in [-0.3, -0.25) is 0 Å². The highest BCUT2D eigenvalue weighted by molar-refractivity contribution is 5.16. The summed E-state index contributed by atoms with van der Waals surface area (Å²) < 4.78 is 13.3. The fourth-order valence-electron chi connectivity index (χ4n) is 1.69. The second-order valence-corrected chi connectivity index (χ2v) is 4.01. The molecule has 0 bridgehead atoms. The van der Waals surface area contributed by atoms with Crippen molar-refractivity contribution in [3.05, 3.63) is 35.6 Å². The number of hydrogen-bond acceptors (Lipinski definition) is 2. The van der Waals surface area contributed by atoms with E-state index in [-0.39, 0.29) is 12.4 Å². The maximum absolute atomic E-state index is 13.3. The molecule has 3 heteroatoms. The number of nitrogens with one attached hydrogen (secondary N) is 1. The molecule has 0 saturated heterocycles. The van der Waals surface area contributed by atoms with Crippen LogP contribution < -0.4 is 5.32 Å². The lowest BCUT2D eigenvalue weighted by Crippen LogP contribution is -2.23. The van der Waals surface area contributed by atoms with E-state index in [1.165, 1.54) is 6.07 Å². The Bertz CT molecular complexity index is 304. The van der Waals surface area contributed by atoms with E-state index in [1.807, 2.05) is 6.07 Å². The molecule has 0 aliphatic rings. The molecule has 1 aromatic carbocycles. The van der Waals surface area contributed by atoms with Crippen LogP contribution in [0.1, 0.15) is 25.3 Å². The Balaban J connectivity index is 2.32. The van der Waals surface area contributed by atoms with Gasteiger partial charge >= 0.3 is 0 Å². The lowest BCUT2D eigenvalue weighted by Gasteiger charge is -2.14. The highest BCUT2D eigenvalue weighted by Gasteiger charge is 2.05. The zero-order chi connectivity index (χ0) is 11.8. The molecule has 2 nitrogen and oxygen atoms in total. The molecular formula is C13H20FNO. The van der Waals surface area contributed by atoms with Crippen LogP contribution in [0.5, 0.6) is 0 Å². The lowest BCUT2D eigenvalue weighted by atomic mass is 10.0. The van der Waals surface area contributed by atoms with Gasteiger partial charge in [0, 0.05) is 18.7 Å². The Morgan fingerprint density at radius 2 is 2.12 bits per heavy atom. The molecule has 0 fully saturated rings. The summed E-state index contributed by atoms with van der Waals surface area (Å²) >= 11 is 0. The third-order valence-corrected chi connectivity index (χ3v) is 2.82. The van der Waals surface area contributed by atoms with Crippen molar-refractivity contribution < 1.29 is 9.50 Å². The van der Waals surface area contributed by atoms with E-state index in [0.29, 0.717) is 18.0 Å². The molecule has 1 rings (SSSR count). The Morgan fingerprint density at radius 1 is 1.38 bits per heavy atom. The highest BCUT2D eigenvalue weighted by atomic mass is 19.1. The number of benzene rings is 1. The lowest BCUT2D eigenvalue weighted by molar-refractivity contribution is 0.251. The molecule has 0 radical (unpaired) electrons. The normalized spacial score (nSPS) is 12.7. The van der Waals surface area contributed by atoms with Gasteiger partial charge < -0.3 is 10.4 Å².